The van der Waals surface area contributed by atoms with Gasteiger partial charge in [-0.25, -0.2) is 0 Å². The summed E-state index contributed by atoms with van der Waals surface area (Å²) in [5, 5.41) is 0. The van der Waals surface area contributed by atoms with Gasteiger partial charge < -0.3 is 9.47 Å². The lowest BCUT2D eigenvalue weighted by atomic mass is 10.1. The van der Waals surface area contributed by atoms with Crippen LogP contribution in [0.15, 0.2) is 12.2 Å². The molecule has 0 aromatic heterocycles. The number of hydrogen-bond acceptors (Lipinski definition) is 4. The van der Waals surface area contributed by atoms with Crippen molar-refractivity contribution in [1.29, 1.82) is 0 Å². The SMILES string of the molecule is CC/C=C\CCCCCCCCCCOC(=O)CCCCCCCCC(=O)OCC(C)C. The van der Waals surface area contributed by atoms with Crippen molar-refractivity contribution in [2.75, 3.05) is 13.2 Å². The maximum atomic E-state index is 11.8. The quantitative estimate of drug-likeness (QED) is 0.0888. The van der Waals surface area contributed by atoms with Gasteiger partial charge in [-0.15, -0.1) is 0 Å². The van der Waals surface area contributed by atoms with Gasteiger partial charge in [-0.2, -0.15) is 0 Å². The summed E-state index contributed by atoms with van der Waals surface area (Å²) in [7, 11) is 0. The third-order valence-corrected chi connectivity index (χ3v) is 5.52. The van der Waals surface area contributed by atoms with E-state index in [1.165, 1.54) is 44.9 Å². The molecule has 0 atom stereocenters. The zero-order valence-corrected chi connectivity index (χ0v) is 21.5. The fraction of sp³-hybridized carbons (Fsp3) is 0.857. The van der Waals surface area contributed by atoms with Crippen molar-refractivity contribution >= 4 is 11.9 Å². The Balaban J connectivity index is 3.26. The van der Waals surface area contributed by atoms with Crippen LogP contribution in [0.5, 0.6) is 0 Å². The summed E-state index contributed by atoms with van der Waals surface area (Å²) >= 11 is 0. The van der Waals surface area contributed by atoms with Crippen molar-refractivity contribution < 1.29 is 19.1 Å². The van der Waals surface area contributed by atoms with Crippen LogP contribution in [-0.2, 0) is 19.1 Å². The van der Waals surface area contributed by atoms with Crippen molar-refractivity contribution in [1.82, 2.24) is 0 Å². The highest BCUT2D eigenvalue weighted by Gasteiger charge is 2.05. The number of carbonyl (C=O) groups is 2. The van der Waals surface area contributed by atoms with Crippen LogP contribution in [0.3, 0.4) is 0 Å². The van der Waals surface area contributed by atoms with Crippen molar-refractivity contribution in [2.24, 2.45) is 5.92 Å². The Labute approximate surface area is 198 Å². The first-order valence-electron chi connectivity index (χ1n) is 13.5. The number of allylic oxidation sites excluding steroid dienone is 2. The van der Waals surface area contributed by atoms with Crippen LogP contribution in [0.25, 0.3) is 0 Å². The van der Waals surface area contributed by atoms with E-state index in [9.17, 15) is 9.59 Å². The average molecular weight is 453 g/mol. The van der Waals surface area contributed by atoms with Crippen LogP contribution in [-0.4, -0.2) is 25.2 Å². The lowest BCUT2D eigenvalue weighted by molar-refractivity contribution is -0.145. The molecule has 0 unspecified atom stereocenters. The van der Waals surface area contributed by atoms with E-state index in [1.807, 2.05) is 13.8 Å². The van der Waals surface area contributed by atoms with E-state index in [2.05, 4.69) is 19.1 Å². The van der Waals surface area contributed by atoms with Gasteiger partial charge in [0, 0.05) is 12.8 Å². The number of unbranched alkanes of at least 4 members (excludes halogenated alkanes) is 13. The van der Waals surface area contributed by atoms with Gasteiger partial charge >= 0.3 is 11.9 Å². The van der Waals surface area contributed by atoms with E-state index < -0.39 is 0 Å². The summed E-state index contributed by atoms with van der Waals surface area (Å²) in [6.07, 6.45) is 24.2. The van der Waals surface area contributed by atoms with Crippen LogP contribution >= 0.6 is 0 Å². The van der Waals surface area contributed by atoms with E-state index in [4.69, 9.17) is 9.47 Å². The Morgan fingerprint density at radius 2 is 1.09 bits per heavy atom. The number of esters is 2. The predicted molar refractivity (Wildman–Crippen MR) is 135 cm³/mol. The van der Waals surface area contributed by atoms with E-state index in [0.717, 1.165) is 57.8 Å². The number of ether oxygens (including phenoxy) is 2. The molecule has 0 amide bonds. The second-order valence-electron chi connectivity index (χ2n) is 9.42. The van der Waals surface area contributed by atoms with E-state index >= 15 is 0 Å². The van der Waals surface area contributed by atoms with Crippen LogP contribution in [0.4, 0.5) is 0 Å². The van der Waals surface area contributed by atoms with Gasteiger partial charge in [0.25, 0.3) is 0 Å². The maximum absolute atomic E-state index is 11.8. The van der Waals surface area contributed by atoms with Crippen LogP contribution in [0, 0.1) is 5.92 Å². The Morgan fingerprint density at radius 1 is 0.625 bits per heavy atom. The molecule has 0 fully saturated rings. The van der Waals surface area contributed by atoms with Gasteiger partial charge in [0.05, 0.1) is 13.2 Å². The molecule has 0 aliphatic heterocycles. The van der Waals surface area contributed by atoms with Crippen LogP contribution in [0.2, 0.25) is 0 Å². The fourth-order valence-electron chi connectivity index (χ4n) is 3.55. The molecule has 0 radical (unpaired) electrons. The monoisotopic (exact) mass is 452 g/mol. The summed E-state index contributed by atoms with van der Waals surface area (Å²) < 4.78 is 10.5. The number of rotatable bonds is 23. The first-order valence-corrected chi connectivity index (χ1v) is 13.5. The molecule has 0 aromatic carbocycles. The Kier molecular flexibility index (Phi) is 23.3. The molecule has 0 aromatic rings. The van der Waals surface area contributed by atoms with E-state index in [0.29, 0.717) is 32.0 Å². The second-order valence-corrected chi connectivity index (χ2v) is 9.42. The van der Waals surface area contributed by atoms with Gasteiger partial charge in [0.2, 0.25) is 0 Å². The summed E-state index contributed by atoms with van der Waals surface area (Å²) in [4.78, 5) is 23.3. The summed E-state index contributed by atoms with van der Waals surface area (Å²) in [5.41, 5.74) is 0. The predicted octanol–water partition coefficient (Wildman–Crippen LogP) is 8.33. The van der Waals surface area contributed by atoms with Crippen molar-refractivity contribution in [3.05, 3.63) is 12.2 Å². The highest BCUT2D eigenvalue weighted by atomic mass is 16.5. The molecule has 0 N–H and O–H groups in total. The Morgan fingerprint density at radius 3 is 1.62 bits per heavy atom. The first kappa shape index (κ1) is 30.7. The van der Waals surface area contributed by atoms with Crippen LogP contribution in [0.1, 0.15) is 136 Å². The zero-order chi connectivity index (χ0) is 23.7. The minimum absolute atomic E-state index is 0.0463. The first-order chi connectivity index (χ1) is 15.6. The smallest absolute Gasteiger partial charge is 0.305 e. The molecular weight excluding hydrogens is 400 g/mol. The van der Waals surface area contributed by atoms with Gasteiger partial charge in [-0.3, -0.25) is 9.59 Å². The molecule has 0 bridgehead atoms. The second kappa shape index (κ2) is 24.3. The van der Waals surface area contributed by atoms with E-state index in [-0.39, 0.29) is 11.9 Å². The van der Waals surface area contributed by atoms with Crippen molar-refractivity contribution in [2.45, 2.75) is 136 Å². The maximum Gasteiger partial charge on any atom is 0.305 e. The van der Waals surface area contributed by atoms with Crippen molar-refractivity contribution in [3.8, 4) is 0 Å². The van der Waals surface area contributed by atoms with Crippen LogP contribution < -0.4 is 0 Å². The summed E-state index contributed by atoms with van der Waals surface area (Å²) in [6, 6.07) is 0. The Hall–Kier alpha value is -1.32. The van der Waals surface area contributed by atoms with Gasteiger partial charge in [-0.05, 0) is 44.4 Å². The highest BCUT2D eigenvalue weighted by Crippen LogP contribution is 2.12. The lowest BCUT2D eigenvalue weighted by Crippen LogP contribution is -2.09. The molecule has 0 spiro atoms. The molecule has 4 heteroatoms. The fourth-order valence-corrected chi connectivity index (χ4v) is 3.55. The minimum atomic E-state index is -0.0764. The minimum Gasteiger partial charge on any atom is -0.466 e. The zero-order valence-electron chi connectivity index (χ0n) is 21.5. The molecule has 0 rings (SSSR count). The van der Waals surface area contributed by atoms with Gasteiger partial charge in [0.1, 0.15) is 0 Å². The molecule has 0 saturated carbocycles. The summed E-state index contributed by atoms with van der Waals surface area (Å²) in [5.74, 6) is 0.274. The van der Waals surface area contributed by atoms with Crippen molar-refractivity contribution in [3.63, 3.8) is 0 Å². The molecule has 0 aliphatic rings. The highest BCUT2D eigenvalue weighted by molar-refractivity contribution is 5.69. The largest absolute Gasteiger partial charge is 0.466 e. The molecule has 188 valence electrons. The van der Waals surface area contributed by atoms with Gasteiger partial charge in [0.15, 0.2) is 0 Å². The number of hydrogen-bond donors (Lipinski definition) is 0. The normalized spacial score (nSPS) is 11.4. The van der Waals surface area contributed by atoms with Gasteiger partial charge in [-0.1, -0.05) is 97.1 Å². The molecule has 32 heavy (non-hydrogen) atoms. The molecule has 0 heterocycles. The average Bonchev–Trinajstić information content (AvgIpc) is 2.77. The van der Waals surface area contributed by atoms with E-state index in [1.54, 1.807) is 0 Å². The lowest BCUT2D eigenvalue weighted by Gasteiger charge is -2.07. The molecule has 0 aliphatic carbocycles. The molecule has 0 saturated heterocycles. The topological polar surface area (TPSA) is 52.6 Å². The Bertz CT molecular complexity index is 456. The standard InChI is InChI=1S/C28H52O4/c1-4-5-6-7-8-9-10-11-12-15-18-21-24-31-27(29)22-19-16-13-14-17-20-23-28(30)32-25-26(2)3/h5-6,26H,4,7-25H2,1-3H3/b6-5-. The third-order valence-electron chi connectivity index (χ3n) is 5.52. The third kappa shape index (κ3) is 24.9. The molecule has 4 nitrogen and oxygen atoms in total. The summed E-state index contributed by atoms with van der Waals surface area (Å²) in [6.45, 7) is 7.37. The number of carbonyl (C=O) groups excluding carboxylic acids is 2. The molecular formula is C28H52O4.